The molecule has 0 fully saturated rings. The van der Waals surface area contributed by atoms with Crippen molar-refractivity contribution >= 4 is 120 Å². The van der Waals surface area contributed by atoms with Gasteiger partial charge >= 0.3 is 0 Å². The van der Waals surface area contributed by atoms with Crippen molar-refractivity contribution < 1.29 is 0 Å². The first-order valence-electron chi connectivity index (χ1n) is 44.2. The first-order chi connectivity index (χ1) is 65.4. The standard InChI is InChI=1S/C44H28N4.C41H26N4.C35H22N4/c1-4-12-29(13-5-1)37-27-25-33-24-26-36-41(35-18-10-11-19-38(35)46-43(36)42(33)45-37)32-22-20-31(21-23-32)40-28-39(30-14-6-2-7-15-30)47-44(48-40)34-16-8-3-9-17-34;1-2-9-31(10-3-1)41-44-36-14-6-7-15-37(36)45(41)32-23-20-28(21-24-32)27-16-18-29(19-17-27)38-33-12-4-5-13-35(33)43-40-34(38)25-22-30-11-8-26-42-39(30)40;1-2-10-24(11-3-1)35-38-30-17-6-7-18-31(30)39(35)26-14-8-12-25(22-26)32-27-15-4-5-16-29(27)37-34-28(32)20-19-23-13-9-21-36-33(23)34/h1-28H;1-26H;1-22H. The molecule has 0 saturated carbocycles. The first kappa shape index (κ1) is 77.6. The van der Waals surface area contributed by atoms with Gasteiger partial charge in [-0.15, -0.1) is 0 Å². The van der Waals surface area contributed by atoms with Gasteiger partial charge < -0.3 is 0 Å². The zero-order valence-electron chi connectivity index (χ0n) is 71.2. The van der Waals surface area contributed by atoms with Crippen molar-refractivity contribution in [3.05, 3.63) is 461 Å². The van der Waals surface area contributed by atoms with E-state index in [0.29, 0.717) is 5.82 Å². The molecule has 26 rings (SSSR count). The average molecular weight is 1690 g/mol. The molecule has 12 heteroatoms. The van der Waals surface area contributed by atoms with Crippen LogP contribution < -0.4 is 0 Å². The van der Waals surface area contributed by atoms with Gasteiger partial charge in [0.1, 0.15) is 11.6 Å². The van der Waals surface area contributed by atoms with E-state index >= 15 is 0 Å². The van der Waals surface area contributed by atoms with Gasteiger partial charge in [-0.25, -0.2) is 39.9 Å². The van der Waals surface area contributed by atoms with Crippen LogP contribution >= 0.6 is 0 Å². The van der Waals surface area contributed by atoms with Crippen molar-refractivity contribution in [2.45, 2.75) is 0 Å². The molecule has 132 heavy (non-hydrogen) atoms. The maximum atomic E-state index is 5.19. The lowest BCUT2D eigenvalue weighted by molar-refractivity contribution is 1.10. The predicted molar refractivity (Wildman–Crippen MR) is 543 cm³/mol. The molecular weight excluding hydrogens is 1610 g/mol. The highest BCUT2D eigenvalue weighted by molar-refractivity contribution is 6.19. The van der Waals surface area contributed by atoms with Crippen LogP contribution in [0.4, 0.5) is 0 Å². The van der Waals surface area contributed by atoms with Gasteiger partial charge in [-0.2, -0.15) is 0 Å². The van der Waals surface area contributed by atoms with Gasteiger partial charge in [0.15, 0.2) is 5.82 Å². The van der Waals surface area contributed by atoms with E-state index < -0.39 is 0 Å². The minimum absolute atomic E-state index is 0.705. The third-order valence-corrected chi connectivity index (χ3v) is 24.9. The molecule has 9 heterocycles. The summed E-state index contributed by atoms with van der Waals surface area (Å²) in [4.78, 5) is 49.9. The summed E-state index contributed by atoms with van der Waals surface area (Å²) in [5.41, 5.74) is 32.9. The molecule has 0 unspecified atom stereocenters. The SMILES string of the molecule is c1ccc(-c2cc(-c3ccc(-c4c5ccccc5nc5c4ccc4ccc(-c6ccccc6)nc45)cc3)nc(-c3ccccc3)n2)cc1.c1ccc(-c2nc3ccccc3n2-c2ccc(-c3ccc(-c4c5ccccc5nc5c4ccc4cccnc45)cc3)cc2)cc1.c1ccc(-c2nc3ccccc3n2-c2cccc(-c3c4ccccc4nc4c3ccc3cccnc34)c2)cc1. The van der Waals surface area contributed by atoms with E-state index in [0.717, 1.165) is 227 Å². The van der Waals surface area contributed by atoms with Gasteiger partial charge in [0.05, 0.1) is 88.8 Å². The summed E-state index contributed by atoms with van der Waals surface area (Å²) in [7, 11) is 0. The number of para-hydroxylation sites is 7. The molecule has 616 valence electrons. The number of hydrogen-bond donors (Lipinski definition) is 0. The third kappa shape index (κ3) is 14.3. The number of nitrogens with zero attached hydrogens (tertiary/aromatic N) is 12. The van der Waals surface area contributed by atoms with E-state index in [1.807, 2.05) is 122 Å². The van der Waals surface area contributed by atoms with E-state index in [4.69, 9.17) is 49.8 Å². The van der Waals surface area contributed by atoms with Crippen LogP contribution in [0, 0.1) is 0 Å². The van der Waals surface area contributed by atoms with Gasteiger partial charge in [-0.3, -0.25) is 19.1 Å². The maximum absolute atomic E-state index is 5.19. The van der Waals surface area contributed by atoms with Crippen LogP contribution in [0.15, 0.2) is 461 Å². The zero-order valence-corrected chi connectivity index (χ0v) is 71.2. The number of aromatic nitrogens is 12. The second-order valence-corrected chi connectivity index (χ2v) is 32.9. The summed E-state index contributed by atoms with van der Waals surface area (Å²) in [5, 5.41) is 9.90. The van der Waals surface area contributed by atoms with Crippen LogP contribution in [-0.4, -0.2) is 59.0 Å². The number of imidazole rings is 2. The third-order valence-electron chi connectivity index (χ3n) is 24.9. The lowest BCUT2D eigenvalue weighted by atomic mass is 9.93. The van der Waals surface area contributed by atoms with Crippen LogP contribution in [0.5, 0.6) is 0 Å². The summed E-state index contributed by atoms with van der Waals surface area (Å²) in [6.45, 7) is 0. The van der Waals surface area contributed by atoms with Gasteiger partial charge in [0.2, 0.25) is 0 Å². The first-order valence-corrected chi connectivity index (χ1v) is 44.2. The minimum Gasteiger partial charge on any atom is -0.292 e. The van der Waals surface area contributed by atoms with E-state index in [1.54, 1.807) is 0 Å². The number of hydrogen-bond acceptors (Lipinski definition) is 10. The number of pyridine rings is 6. The Hall–Kier alpha value is -18.0. The Bertz CT molecular complexity index is 8870. The molecule has 12 nitrogen and oxygen atoms in total. The molecule has 0 atom stereocenters. The van der Waals surface area contributed by atoms with E-state index in [9.17, 15) is 0 Å². The maximum Gasteiger partial charge on any atom is 0.160 e. The molecule has 0 bridgehead atoms. The Morgan fingerprint density at radius 3 is 0.992 bits per heavy atom. The summed E-state index contributed by atoms with van der Waals surface area (Å²) in [6, 6.07) is 156. The Morgan fingerprint density at radius 2 is 0.515 bits per heavy atom. The largest absolute Gasteiger partial charge is 0.292 e. The van der Waals surface area contributed by atoms with Crippen LogP contribution in [0.3, 0.4) is 0 Å². The summed E-state index contributed by atoms with van der Waals surface area (Å²) in [5.74, 6) is 2.57. The van der Waals surface area contributed by atoms with Gasteiger partial charge in [0.25, 0.3) is 0 Å². The predicted octanol–water partition coefficient (Wildman–Crippen LogP) is 29.9. The Kier molecular flexibility index (Phi) is 19.6. The molecule has 0 aliphatic heterocycles. The Balaban J connectivity index is 0.000000110. The molecule has 0 amide bonds. The van der Waals surface area contributed by atoms with Crippen molar-refractivity contribution in [3.63, 3.8) is 0 Å². The molecule has 0 saturated heterocycles. The Labute approximate surface area is 759 Å². The van der Waals surface area contributed by atoms with Crippen molar-refractivity contribution in [1.29, 1.82) is 0 Å². The summed E-state index contributed by atoms with van der Waals surface area (Å²) < 4.78 is 4.51. The van der Waals surface area contributed by atoms with Crippen LogP contribution in [0.1, 0.15) is 0 Å². The van der Waals surface area contributed by atoms with E-state index in [-0.39, 0.29) is 0 Å². The monoisotopic (exact) mass is 1680 g/mol. The fourth-order valence-corrected chi connectivity index (χ4v) is 18.7. The molecule has 0 spiro atoms. The highest BCUT2D eigenvalue weighted by atomic mass is 15.1. The van der Waals surface area contributed by atoms with Crippen molar-refractivity contribution in [2.24, 2.45) is 0 Å². The second-order valence-electron chi connectivity index (χ2n) is 32.9. The molecule has 0 aliphatic carbocycles. The molecular formula is C120H76N12. The number of rotatable bonds is 12. The summed E-state index contributed by atoms with van der Waals surface area (Å²) in [6.07, 6.45) is 3.68. The normalized spacial score (nSPS) is 11.5. The van der Waals surface area contributed by atoms with E-state index in [1.165, 1.54) is 11.1 Å². The fourth-order valence-electron chi connectivity index (χ4n) is 18.7. The van der Waals surface area contributed by atoms with Gasteiger partial charge in [-0.1, -0.05) is 358 Å². The lowest BCUT2D eigenvalue weighted by Gasteiger charge is -2.15. The smallest absolute Gasteiger partial charge is 0.160 e. The molecule has 17 aromatic carbocycles. The van der Waals surface area contributed by atoms with Crippen molar-refractivity contribution in [1.82, 2.24) is 59.0 Å². The van der Waals surface area contributed by atoms with Crippen molar-refractivity contribution in [3.8, 4) is 124 Å². The Morgan fingerprint density at radius 1 is 0.167 bits per heavy atom. The quantitative estimate of drug-likeness (QED) is 0.0858. The fraction of sp³-hybridized carbons (Fsp3) is 0. The minimum atomic E-state index is 0.705. The molecule has 0 aliphatic rings. The van der Waals surface area contributed by atoms with Gasteiger partial charge in [0, 0.05) is 122 Å². The van der Waals surface area contributed by atoms with Crippen LogP contribution in [-0.2, 0) is 0 Å². The molecule has 0 N–H and O–H groups in total. The molecule has 26 aromatic rings. The van der Waals surface area contributed by atoms with Crippen LogP contribution in [0.25, 0.3) is 244 Å². The average Bonchev–Trinajstić information content (AvgIpc) is 1.29. The highest BCUT2D eigenvalue weighted by Gasteiger charge is 2.23. The lowest BCUT2D eigenvalue weighted by Crippen LogP contribution is -1.98. The second kappa shape index (κ2) is 33.4. The number of benzene rings is 17. The molecule has 9 aromatic heterocycles. The number of fused-ring (bicyclic) bond motifs is 14. The van der Waals surface area contributed by atoms with E-state index in [2.05, 4.69) is 349 Å². The van der Waals surface area contributed by atoms with Gasteiger partial charge in [-0.05, 0) is 119 Å². The summed E-state index contributed by atoms with van der Waals surface area (Å²) >= 11 is 0. The zero-order chi connectivity index (χ0) is 87.4. The van der Waals surface area contributed by atoms with Crippen molar-refractivity contribution in [2.75, 3.05) is 0 Å². The van der Waals surface area contributed by atoms with Crippen LogP contribution in [0.2, 0.25) is 0 Å². The topological polar surface area (TPSA) is 139 Å². The molecule has 0 radical (unpaired) electrons. The highest BCUT2D eigenvalue weighted by Crippen LogP contribution is 2.44.